The van der Waals surface area contributed by atoms with E-state index in [4.69, 9.17) is 14.9 Å². The normalized spacial score (nSPS) is 19.6. The minimum absolute atomic E-state index is 0. The first kappa shape index (κ1) is 19.4. The SMILES string of the molecule is COc1ccc(-c2nc(CN3C[C@@H](N)[C@H](c4ccccc4)C3)co2)cc1.Cl. The highest BCUT2D eigenvalue weighted by Gasteiger charge is 2.31. The highest BCUT2D eigenvalue weighted by Crippen LogP contribution is 2.28. The number of nitrogens with zero attached hydrogens (tertiary/aromatic N) is 2. The van der Waals surface area contributed by atoms with Crippen molar-refractivity contribution in [3.8, 4) is 17.2 Å². The molecular weight excluding hydrogens is 362 g/mol. The van der Waals surface area contributed by atoms with Gasteiger partial charge in [0, 0.05) is 37.2 Å². The summed E-state index contributed by atoms with van der Waals surface area (Å²) < 4.78 is 10.8. The first-order chi connectivity index (χ1) is 12.7. The van der Waals surface area contributed by atoms with E-state index in [1.165, 1.54) is 5.56 Å². The molecule has 3 aromatic rings. The van der Waals surface area contributed by atoms with E-state index < -0.39 is 0 Å². The predicted molar refractivity (Wildman–Crippen MR) is 108 cm³/mol. The maximum absolute atomic E-state index is 6.38. The largest absolute Gasteiger partial charge is 0.497 e. The number of nitrogens with two attached hydrogens (primary N) is 1. The van der Waals surface area contributed by atoms with Gasteiger partial charge in [-0.25, -0.2) is 4.98 Å². The van der Waals surface area contributed by atoms with Crippen LogP contribution < -0.4 is 10.5 Å². The molecule has 1 saturated heterocycles. The average molecular weight is 386 g/mol. The molecule has 142 valence electrons. The van der Waals surface area contributed by atoms with Crippen LogP contribution in [0, 0.1) is 0 Å². The fourth-order valence-corrected chi connectivity index (χ4v) is 3.57. The van der Waals surface area contributed by atoms with E-state index >= 15 is 0 Å². The summed E-state index contributed by atoms with van der Waals surface area (Å²) in [5.74, 6) is 1.81. The van der Waals surface area contributed by atoms with Crippen LogP contribution >= 0.6 is 12.4 Å². The zero-order chi connectivity index (χ0) is 17.9. The van der Waals surface area contributed by atoms with Crippen LogP contribution in [-0.4, -0.2) is 36.1 Å². The van der Waals surface area contributed by atoms with Gasteiger partial charge in [0.2, 0.25) is 5.89 Å². The van der Waals surface area contributed by atoms with Crippen LogP contribution in [0.2, 0.25) is 0 Å². The van der Waals surface area contributed by atoms with Crippen LogP contribution in [0.25, 0.3) is 11.5 Å². The second-order valence-corrected chi connectivity index (χ2v) is 6.75. The van der Waals surface area contributed by atoms with Crippen molar-refractivity contribution in [1.29, 1.82) is 0 Å². The third-order valence-corrected chi connectivity index (χ3v) is 4.94. The molecule has 0 aliphatic carbocycles. The smallest absolute Gasteiger partial charge is 0.226 e. The summed E-state index contributed by atoms with van der Waals surface area (Å²) >= 11 is 0. The summed E-state index contributed by atoms with van der Waals surface area (Å²) in [7, 11) is 1.65. The molecule has 2 heterocycles. The van der Waals surface area contributed by atoms with Gasteiger partial charge >= 0.3 is 0 Å². The Morgan fingerprint density at radius 2 is 1.85 bits per heavy atom. The van der Waals surface area contributed by atoms with Gasteiger partial charge in [-0.15, -0.1) is 12.4 Å². The molecule has 0 amide bonds. The van der Waals surface area contributed by atoms with Crippen molar-refractivity contribution in [2.75, 3.05) is 20.2 Å². The zero-order valence-corrected chi connectivity index (χ0v) is 16.1. The molecule has 1 aromatic heterocycles. The molecule has 27 heavy (non-hydrogen) atoms. The second kappa shape index (κ2) is 8.57. The molecule has 0 unspecified atom stereocenters. The van der Waals surface area contributed by atoms with E-state index in [2.05, 4.69) is 34.1 Å². The van der Waals surface area contributed by atoms with E-state index in [9.17, 15) is 0 Å². The Morgan fingerprint density at radius 3 is 2.56 bits per heavy atom. The summed E-state index contributed by atoms with van der Waals surface area (Å²) in [5.41, 5.74) is 9.56. The summed E-state index contributed by atoms with van der Waals surface area (Å²) in [5, 5.41) is 0. The number of halogens is 1. The van der Waals surface area contributed by atoms with Gasteiger partial charge < -0.3 is 14.9 Å². The lowest BCUT2D eigenvalue weighted by Crippen LogP contribution is -2.28. The molecule has 0 spiro atoms. The second-order valence-electron chi connectivity index (χ2n) is 6.75. The third kappa shape index (κ3) is 4.33. The molecule has 2 aromatic carbocycles. The van der Waals surface area contributed by atoms with Crippen molar-refractivity contribution >= 4 is 12.4 Å². The molecule has 1 aliphatic rings. The Hall–Kier alpha value is -2.34. The number of methoxy groups -OCH3 is 1. The first-order valence-electron chi connectivity index (χ1n) is 8.84. The maximum Gasteiger partial charge on any atom is 0.226 e. The molecule has 2 N–H and O–H groups in total. The summed E-state index contributed by atoms with van der Waals surface area (Å²) in [6.07, 6.45) is 1.74. The van der Waals surface area contributed by atoms with Crippen LogP contribution in [0.15, 0.2) is 65.3 Å². The van der Waals surface area contributed by atoms with Gasteiger partial charge in [0.25, 0.3) is 0 Å². The number of likely N-dealkylation sites (tertiary alicyclic amines) is 1. The van der Waals surface area contributed by atoms with Gasteiger partial charge in [-0.05, 0) is 29.8 Å². The highest BCUT2D eigenvalue weighted by molar-refractivity contribution is 5.85. The van der Waals surface area contributed by atoms with E-state index in [0.29, 0.717) is 11.8 Å². The van der Waals surface area contributed by atoms with E-state index in [-0.39, 0.29) is 18.4 Å². The third-order valence-electron chi connectivity index (χ3n) is 4.94. The van der Waals surface area contributed by atoms with Gasteiger partial charge in [-0.1, -0.05) is 30.3 Å². The van der Waals surface area contributed by atoms with Crippen LogP contribution in [0.3, 0.4) is 0 Å². The molecule has 0 radical (unpaired) electrons. The molecular formula is C21H24ClN3O2. The van der Waals surface area contributed by atoms with Crippen molar-refractivity contribution in [1.82, 2.24) is 9.88 Å². The molecule has 6 heteroatoms. The Bertz CT molecular complexity index is 851. The zero-order valence-electron chi connectivity index (χ0n) is 15.2. The molecule has 0 saturated carbocycles. The van der Waals surface area contributed by atoms with Crippen molar-refractivity contribution in [3.05, 3.63) is 72.1 Å². The Labute approximate surface area is 165 Å². The van der Waals surface area contributed by atoms with Gasteiger partial charge in [-0.3, -0.25) is 4.90 Å². The number of oxazole rings is 1. The topological polar surface area (TPSA) is 64.5 Å². The van der Waals surface area contributed by atoms with Gasteiger partial charge in [-0.2, -0.15) is 0 Å². The predicted octanol–water partition coefficient (Wildman–Crippen LogP) is 3.70. The van der Waals surface area contributed by atoms with Crippen molar-refractivity contribution in [2.45, 2.75) is 18.5 Å². The minimum atomic E-state index is 0. The molecule has 2 atom stereocenters. The van der Waals surface area contributed by atoms with E-state index in [0.717, 1.165) is 36.6 Å². The first-order valence-corrected chi connectivity index (χ1v) is 8.84. The van der Waals surface area contributed by atoms with Gasteiger partial charge in [0.15, 0.2) is 0 Å². The van der Waals surface area contributed by atoms with Gasteiger partial charge in [0.1, 0.15) is 12.0 Å². The van der Waals surface area contributed by atoms with E-state index in [1.807, 2.05) is 30.3 Å². The van der Waals surface area contributed by atoms with Crippen molar-refractivity contribution in [3.63, 3.8) is 0 Å². The molecule has 5 nitrogen and oxygen atoms in total. The van der Waals surface area contributed by atoms with Crippen LogP contribution in [0.5, 0.6) is 5.75 Å². The number of hydrogen-bond donors (Lipinski definition) is 1. The lowest BCUT2D eigenvalue weighted by molar-refractivity contribution is 0.319. The number of rotatable bonds is 5. The lowest BCUT2D eigenvalue weighted by atomic mass is 9.95. The number of hydrogen-bond acceptors (Lipinski definition) is 5. The Kier molecular flexibility index (Phi) is 6.16. The number of ether oxygens (including phenoxy) is 1. The monoisotopic (exact) mass is 385 g/mol. The number of aromatic nitrogens is 1. The average Bonchev–Trinajstić information content (AvgIpc) is 3.29. The quantitative estimate of drug-likeness (QED) is 0.725. The fourth-order valence-electron chi connectivity index (χ4n) is 3.57. The number of benzene rings is 2. The lowest BCUT2D eigenvalue weighted by Gasteiger charge is -2.14. The van der Waals surface area contributed by atoms with Crippen LogP contribution in [-0.2, 0) is 6.54 Å². The standard InChI is InChI=1S/C21H23N3O2.ClH/c1-25-18-9-7-16(8-10-18)21-23-17(14-26-21)11-24-12-19(20(22)13-24)15-5-3-2-4-6-15;/h2-10,14,19-20H,11-13,22H2,1H3;1H/t19-,20+;/m0./s1. The highest BCUT2D eigenvalue weighted by atomic mass is 35.5. The summed E-state index contributed by atoms with van der Waals surface area (Å²) in [4.78, 5) is 6.98. The van der Waals surface area contributed by atoms with E-state index in [1.54, 1.807) is 13.4 Å². The molecule has 4 rings (SSSR count). The maximum atomic E-state index is 6.38. The van der Waals surface area contributed by atoms with Crippen molar-refractivity contribution < 1.29 is 9.15 Å². The molecule has 1 aliphatic heterocycles. The summed E-state index contributed by atoms with van der Waals surface area (Å²) in [6, 6.07) is 18.4. The molecule has 0 bridgehead atoms. The molecule has 1 fully saturated rings. The fraction of sp³-hybridized carbons (Fsp3) is 0.286. The van der Waals surface area contributed by atoms with Crippen LogP contribution in [0.1, 0.15) is 17.2 Å². The Balaban J connectivity index is 0.00000210. The van der Waals surface area contributed by atoms with Gasteiger partial charge in [0.05, 0.1) is 12.8 Å². The Morgan fingerprint density at radius 1 is 1.11 bits per heavy atom. The van der Waals surface area contributed by atoms with Crippen molar-refractivity contribution in [2.24, 2.45) is 5.73 Å². The summed E-state index contributed by atoms with van der Waals surface area (Å²) in [6.45, 7) is 2.55. The van der Waals surface area contributed by atoms with Crippen LogP contribution in [0.4, 0.5) is 0 Å². The minimum Gasteiger partial charge on any atom is -0.497 e.